The molecule has 1 aliphatic rings. The van der Waals surface area contributed by atoms with Gasteiger partial charge in [0.15, 0.2) is 0 Å². The number of aromatic nitrogens is 2. The van der Waals surface area contributed by atoms with Crippen LogP contribution >= 0.6 is 0 Å². The third kappa shape index (κ3) is 4.69. The first kappa shape index (κ1) is 18.1. The first-order valence-electron chi connectivity index (χ1n) is 9.62. The molecule has 1 aromatic carbocycles. The lowest BCUT2D eigenvalue weighted by Gasteiger charge is -2.37. The normalized spacial score (nSPS) is 24.0. The summed E-state index contributed by atoms with van der Waals surface area (Å²) in [6, 6.07) is 8.89. The molecule has 2 aromatic rings. The van der Waals surface area contributed by atoms with Crippen molar-refractivity contribution in [3.8, 4) is 0 Å². The summed E-state index contributed by atoms with van der Waals surface area (Å²) in [7, 11) is 0. The second kappa shape index (κ2) is 8.13. The van der Waals surface area contributed by atoms with Gasteiger partial charge in [-0.2, -0.15) is 0 Å². The fraction of sp³-hybridized carbons (Fsp3) is 0.619. The molecule has 4 heteroatoms. The molecular formula is C21H31N3O. The second-order valence-electron chi connectivity index (χ2n) is 8.01. The number of hydrogen-bond acceptors (Lipinski definition) is 4. The van der Waals surface area contributed by atoms with E-state index < -0.39 is 0 Å². The van der Waals surface area contributed by atoms with Crippen molar-refractivity contribution < 1.29 is 4.42 Å². The molecule has 3 atom stereocenters. The Morgan fingerprint density at radius 2 is 1.92 bits per heavy atom. The van der Waals surface area contributed by atoms with Gasteiger partial charge in [-0.15, -0.1) is 10.2 Å². The molecule has 0 bridgehead atoms. The van der Waals surface area contributed by atoms with Gasteiger partial charge in [-0.1, -0.05) is 51.5 Å². The predicted molar refractivity (Wildman–Crippen MR) is 100 cm³/mol. The summed E-state index contributed by atoms with van der Waals surface area (Å²) in [6.07, 6.45) is 4.61. The Hall–Kier alpha value is -1.68. The van der Waals surface area contributed by atoms with Gasteiger partial charge >= 0.3 is 0 Å². The highest BCUT2D eigenvalue weighted by molar-refractivity contribution is 5.27. The molecule has 0 spiro atoms. The summed E-state index contributed by atoms with van der Waals surface area (Å²) in [5.41, 5.74) is 2.50. The molecule has 3 rings (SSSR count). The van der Waals surface area contributed by atoms with Crippen LogP contribution in [-0.4, -0.2) is 16.2 Å². The lowest BCUT2D eigenvalue weighted by Crippen LogP contribution is -2.42. The van der Waals surface area contributed by atoms with E-state index in [1.807, 2.05) is 0 Å². The highest BCUT2D eigenvalue weighted by Crippen LogP contribution is 2.33. The van der Waals surface area contributed by atoms with Crippen LogP contribution in [0.5, 0.6) is 0 Å². The molecule has 0 amide bonds. The molecule has 3 unspecified atom stereocenters. The molecule has 1 aliphatic carbocycles. The van der Waals surface area contributed by atoms with Crippen molar-refractivity contribution in [1.82, 2.24) is 15.5 Å². The number of rotatable bonds is 6. The summed E-state index contributed by atoms with van der Waals surface area (Å²) >= 11 is 0. The zero-order valence-electron chi connectivity index (χ0n) is 16.0. The van der Waals surface area contributed by atoms with Crippen molar-refractivity contribution in [2.24, 2.45) is 17.8 Å². The van der Waals surface area contributed by atoms with Gasteiger partial charge in [-0.3, -0.25) is 0 Å². The minimum absolute atomic E-state index is 0.551. The Kier molecular flexibility index (Phi) is 5.89. The Balaban J connectivity index is 1.58. The van der Waals surface area contributed by atoms with Gasteiger partial charge in [0.1, 0.15) is 0 Å². The highest BCUT2D eigenvalue weighted by Gasteiger charge is 2.30. The molecule has 1 fully saturated rings. The maximum atomic E-state index is 5.87. The molecule has 136 valence electrons. The van der Waals surface area contributed by atoms with E-state index in [2.05, 4.69) is 67.5 Å². The third-order valence-electron chi connectivity index (χ3n) is 5.65. The second-order valence-corrected chi connectivity index (χ2v) is 8.01. The number of nitrogens with zero attached hydrogens (tertiary/aromatic N) is 2. The SMILES string of the molecule is Cc1ccccc1Cc1nnc(CNC2CC(C)CCC2C(C)C)o1. The van der Waals surface area contributed by atoms with Crippen molar-refractivity contribution in [3.05, 3.63) is 47.2 Å². The van der Waals surface area contributed by atoms with Gasteiger partial charge in [-0.05, 0) is 48.6 Å². The summed E-state index contributed by atoms with van der Waals surface area (Å²) in [5, 5.41) is 12.2. The van der Waals surface area contributed by atoms with Crippen LogP contribution < -0.4 is 5.32 Å². The van der Waals surface area contributed by atoms with Crippen LogP contribution in [0.1, 0.15) is 62.9 Å². The van der Waals surface area contributed by atoms with Crippen LogP contribution in [-0.2, 0) is 13.0 Å². The Morgan fingerprint density at radius 3 is 2.68 bits per heavy atom. The van der Waals surface area contributed by atoms with Crippen LogP contribution in [0, 0.1) is 24.7 Å². The largest absolute Gasteiger partial charge is 0.424 e. The zero-order valence-corrected chi connectivity index (χ0v) is 16.0. The molecule has 1 N–H and O–H groups in total. The van der Waals surface area contributed by atoms with Crippen LogP contribution in [0.3, 0.4) is 0 Å². The van der Waals surface area contributed by atoms with E-state index in [4.69, 9.17) is 4.42 Å². The van der Waals surface area contributed by atoms with E-state index in [0.29, 0.717) is 36.7 Å². The predicted octanol–water partition coefficient (Wildman–Crippen LogP) is 4.52. The fourth-order valence-corrected chi connectivity index (χ4v) is 4.06. The van der Waals surface area contributed by atoms with Gasteiger partial charge in [0.05, 0.1) is 13.0 Å². The first-order chi connectivity index (χ1) is 12.0. The summed E-state index contributed by atoms with van der Waals surface area (Å²) in [5.74, 6) is 3.65. The summed E-state index contributed by atoms with van der Waals surface area (Å²) in [4.78, 5) is 0. The Morgan fingerprint density at radius 1 is 1.16 bits per heavy atom. The number of hydrogen-bond donors (Lipinski definition) is 1. The maximum absolute atomic E-state index is 5.87. The van der Waals surface area contributed by atoms with E-state index in [0.717, 1.165) is 11.8 Å². The van der Waals surface area contributed by atoms with Crippen molar-refractivity contribution in [2.75, 3.05) is 0 Å². The van der Waals surface area contributed by atoms with Crippen LogP contribution in [0.25, 0.3) is 0 Å². The summed E-state index contributed by atoms with van der Waals surface area (Å²) in [6.45, 7) is 9.81. The lowest BCUT2D eigenvalue weighted by molar-refractivity contribution is 0.166. The van der Waals surface area contributed by atoms with E-state index in [9.17, 15) is 0 Å². The first-order valence-corrected chi connectivity index (χ1v) is 9.62. The van der Waals surface area contributed by atoms with Crippen molar-refractivity contribution in [2.45, 2.75) is 66.0 Å². The molecule has 1 heterocycles. The van der Waals surface area contributed by atoms with Gasteiger partial charge in [0.2, 0.25) is 11.8 Å². The van der Waals surface area contributed by atoms with E-state index in [1.165, 1.54) is 30.4 Å². The minimum Gasteiger partial charge on any atom is -0.424 e. The topological polar surface area (TPSA) is 51.0 Å². The molecule has 25 heavy (non-hydrogen) atoms. The minimum atomic E-state index is 0.551. The Labute approximate surface area is 151 Å². The third-order valence-corrected chi connectivity index (χ3v) is 5.65. The average molecular weight is 341 g/mol. The highest BCUT2D eigenvalue weighted by atomic mass is 16.4. The van der Waals surface area contributed by atoms with E-state index >= 15 is 0 Å². The van der Waals surface area contributed by atoms with Crippen molar-refractivity contribution >= 4 is 0 Å². The van der Waals surface area contributed by atoms with Crippen molar-refractivity contribution in [1.29, 1.82) is 0 Å². The molecule has 1 saturated carbocycles. The van der Waals surface area contributed by atoms with Crippen LogP contribution in [0.4, 0.5) is 0 Å². The molecule has 0 radical (unpaired) electrons. The lowest BCUT2D eigenvalue weighted by atomic mass is 9.74. The maximum Gasteiger partial charge on any atom is 0.230 e. The number of benzene rings is 1. The number of aryl methyl sites for hydroxylation is 1. The monoisotopic (exact) mass is 341 g/mol. The van der Waals surface area contributed by atoms with E-state index in [-0.39, 0.29) is 0 Å². The average Bonchev–Trinajstić information content (AvgIpc) is 3.02. The number of nitrogens with one attached hydrogen (secondary N) is 1. The zero-order chi connectivity index (χ0) is 17.8. The fourth-order valence-electron chi connectivity index (χ4n) is 4.06. The molecule has 1 aromatic heterocycles. The quantitative estimate of drug-likeness (QED) is 0.839. The molecule has 4 nitrogen and oxygen atoms in total. The van der Waals surface area contributed by atoms with Gasteiger partial charge in [-0.25, -0.2) is 0 Å². The van der Waals surface area contributed by atoms with Crippen molar-refractivity contribution in [3.63, 3.8) is 0 Å². The standard InChI is InChI=1S/C21H31N3O/c1-14(2)18-10-9-15(3)11-19(18)22-13-21-24-23-20(25-21)12-17-8-6-5-7-16(17)4/h5-8,14-15,18-19,22H,9-13H2,1-4H3. The molecular weight excluding hydrogens is 310 g/mol. The van der Waals surface area contributed by atoms with Crippen LogP contribution in [0.15, 0.2) is 28.7 Å². The molecule has 0 aliphatic heterocycles. The Bertz CT molecular complexity index is 679. The smallest absolute Gasteiger partial charge is 0.230 e. The van der Waals surface area contributed by atoms with Gasteiger partial charge in [0.25, 0.3) is 0 Å². The van der Waals surface area contributed by atoms with E-state index in [1.54, 1.807) is 0 Å². The van der Waals surface area contributed by atoms with Gasteiger partial charge < -0.3 is 9.73 Å². The van der Waals surface area contributed by atoms with Gasteiger partial charge in [0, 0.05) is 6.04 Å². The van der Waals surface area contributed by atoms with Crippen LogP contribution in [0.2, 0.25) is 0 Å². The summed E-state index contributed by atoms with van der Waals surface area (Å²) < 4.78 is 5.87. The molecule has 0 saturated heterocycles.